The van der Waals surface area contributed by atoms with Gasteiger partial charge in [-0.3, -0.25) is 0 Å². The first-order chi connectivity index (χ1) is 1.73. The minimum atomic E-state index is -2.93. The average molecular weight is 152 g/mol. The molecule has 0 aliphatic carbocycles. The second-order valence-corrected chi connectivity index (χ2v) is 8.13. The van der Waals surface area contributed by atoms with Crippen LogP contribution in [-0.4, -0.2) is 0 Å². The Morgan fingerprint density at radius 1 is 1.50 bits per heavy atom. The van der Waals surface area contributed by atoms with Gasteiger partial charge in [-0.2, -0.15) is 0 Å². The van der Waals surface area contributed by atoms with Crippen molar-refractivity contribution in [2.75, 3.05) is 0 Å². The van der Waals surface area contributed by atoms with Crippen LogP contribution in [0.2, 0.25) is 0 Å². The van der Waals surface area contributed by atoms with Gasteiger partial charge in [-0.15, -0.1) is 0 Å². The van der Waals surface area contributed by atoms with Gasteiger partial charge < -0.3 is 0 Å². The molecule has 0 N–H and O–H groups in total. The standard InChI is InChI=1S/2ClH.O.Zn/h2*1H;;/q;;;+2/p-2. The van der Waals surface area contributed by atoms with E-state index >= 15 is 0 Å². The molecular formula is Cl2OZn. The molecule has 1 nitrogen and oxygen atoms in total. The van der Waals surface area contributed by atoms with Gasteiger partial charge in [0.2, 0.25) is 0 Å². The summed E-state index contributed by atoms with van der Waals surface area (Å²) in [7, 11) is 9.39. The molecule has 0 aromatic carbocycles. The molecule has 22 valence electrons. The van der Waals surface area contributed by atoms with Crippen molar-refractivity contribution >= 4 is 19.4 Å². The van der Waals surface area contributed by atoms with E-state index < -0.39 is 13.9 Å². The van der Waals surface area contributed by atoms with Crippen molar-refractivity contribution in [2.24, 2.45) is 0 Å². The zero-order valence-electron chi connectivity index (χ0n) is 1.87. The molecule has 0 unspecified atom stereocenters. The van der Waals surface area contributed by atoms with Crippen molar-refractivity contribution in [1.29, 1.82) is 0 Å². The summed E-state index contributed by atoms with van der Waals surface area (Å²) < 4.78 is 9.27. The number of rotatable bonds is 0. The molecule has 0 saturated carbocycles. The summed E-state index contributed by atoms with van der Waals surface area (Å²) in [4.78, 5) is 0. The quantitative estimate of drug-likeness (QED) is 0.478. The first-order valence-corrected chi connectivity index (χ1v) is 9.83. The van der Waals surface area contributed by atoms with E-state index in [1.807, 2.05) is 0 Å². The predicted molar refractivity (Wildman–Crippen MR) is 12.4 cm³/mol. The second-order valence-electron chi connectivity index (χ2n) is 0.319. The van der Waals surface area contributed by atoms with Gasteiger partial charge in [0.1, 0.15) is 0 Å². The Morgan fingerprint density at radius 2 is 1.50 bits per heavy atom. The Bertz CT molecular complexity index is 29.0. The van der Waals surface area contributed by atoms with Crippen LogP contribution in [0.1, 0.15) is 0 Å². The molecule has 4 heteroatoms. The van der Waals surface area contributed by atoms with Crippen molar-refractivity contribution in [3.63, 3.8) is 0 Å². The van der Waals surface area contributed by atoms with Crippen molar-refractivity contribution in [3.05, 3.63) is 0 Å². The summed E-state index contributed by atoms with van der Waals surface area (Å²) in [6.07, 6.45) is 0. The Labute approximate surface area is 37.1 Å². The van der Waals surface area contributed by atoms with Crippen molar-refractivity contribution in [3.8, 4) is 0 Å². The van der Waals surface area contributed by atoms with Gasteiger partial charge in [-0.05, 0) is 0 Å². The molecule has 0 aliphatic heterocycles. The monoisotopic (exact) mass is 150 g/mol. The Kier molecular flexibility index (Phi) is 2.82. The van der Waals surface area contributed by atoms with Crippen LogP contribution >= 0.6 is 19.4 Å². The molecule has 0 rings (SSSR count). The number of hydrogen-bond donors (Lipinski definition) is 0. The fraction of sp³-hybridized carbons (Fsp3) is 0. The molecule has 0 aromatic heterocycles. The van der Waals surface area contributed by atoms with Gasteiger partial charge in [0, 0.05) is 0 Å². The topological polar surface area (TPSA) is 17.1 Å². The maximum atomic E-state index is 9.27. The minimum absolute atomic E-state index is 2.93. The molecule has 0 amide bonds. The van der Waals surface area contributed by atoms with Gasteiger partial charge in [0.15, 0.2) is 0 Å². The van der Waals surface area contributed by atoms with Crippen LogP contribution < -0.4 is 0 Å². The third kappa shape index (κ3) is 12.0. The molecular weight excluding hydrogens is 152 g/mol. The van der Waals surface area contributed by atoms with Crippen LogP contribution in [0.15, 0.2) is 0 Å². The van der Waals surface area contributed by atoms with Crippen molar-refractivity contribution in [1.82, 2.24) is 0 Å². The molecule has 0 heterocycles. The summed E-state index contributed by atoms with van der Waals surface area (Å²) in [5, 5.41) is 0. The average Bonchev–Trinajstić information content (AvgIpc) is 0.811. The molecule has 0 atom stereocenters. The molecule has 0 fully saturated rings. The predicted octanol–water partition coefficient (Wildman–Crippen LogP) is 1.26. The van der Waals surface area contributed by atoms with E-state index in [2.05, 4.69) is 0 Å². The molecule has 4 heavy (non-hydrogen) atoms. The van der Waals surface area contributed by atoms with Crippen molar-refractivity contribution < 1.29 is 17.5 Å². The summed E-state index contributed by atoms with van der Waals surface area (Å²) in [5.74, 6) is 0. The first-order valence-electron chi connectivity index (χ1n) is 0.823. The molecule has 0 aliphatic rings. The fourth-order valence-electron chi connectivity index (χ4n) is 0. The van der Waals surface area contributed by atoms with Crippen molar-refractivity contribution in [2.45, 2.75) is 0 Å². The van der Waals surface area contributed by atoms with Crippen LogP contribution in [0.4, 0.5) is 0 Å². The van der Waals surface area contributed by atoms with Crippen LogP contribution in [0, 0.1) is 0 Å². The third-order valence-corrected chi connectivity index (χ3v) is 0. The summed E-state index contributed by atoms with van der Waals surface area (Å²) in [6, 6.07) is 0. The van der Waals surface area contributed by atoms with Crippen LogP contribution in [0.25, 0.3) is 0 Å². The van der Waals surface area contributed by atoms with Crippen LogP contribution in [0.5, 0.6) is 0 Å². The third-order valence-electron chi connectivity index (χ3n) is 0. The number of hydrogen-bond acceptors (Lipinski definition) is 1. The van der Waals surface area contributed by atoms with Gasteiger partial charge in [-0.25, -0.2) is 0 Å². The molecule has 0 saturated heterocycles. The van der Waals surface area contributed by atoms with Gasteiger partial charge in [-0.1, -0.05) is 0 Å². The molecule has 0 spiro atoms. The zero-order valence-corrected chi connectivity index (χ0v) is 6.35. The second kappa shape index (κ2) is 2.25. The summed E-state index contributed by atoms with van der Waals surface area (Å²) >= 11 is -2.93. The molecule has 0 radical (unpaired) electrons. The molecule has 0 bridgehead atoms. The van der Waals surface area contributed by atoms with E-state index in [1.54, 1.807) is 0 Å². The Balaban J connectivity index is 2.80. The number of halogens is 2. The van der Waals surface area contributed by atoms with Gasteiger partial charge in [0.25, 0.3) is 0 Å². The SMILES string of the molecule is [O]=[Zn]([Cl])[Cl]. The van der Waals surface area contributed by atoms with E-state index in [0.717, 1.165) is 0 Å². The van der Waals surface area contributed by atoms with Gasteiger partial charge >= 0.3 is 36.9 Å². The summed E-state index contributed by atoms with van der Waals surface area (Å²) in [5.41, 5.74) is 0. The van der Waals surface area contributed by atoms with E-state index in [4.69, 9.17) is 19.4 Å². The Morgan fingerprint density at radius 3 is 1.50 bits per heavy atom. The summed E-state index contributed by atoms with van der Waals surface area (Å²) in [6.45, 7) is 0. The van der Waals surface area contributed by atoms with Crippen LogP contribution in [-0.2, 0) is 17.5 Å². The fourth-order valence-corrected chi connectivity index (χ4v) is 0. The van der Waals surface area contributed by atoms with Crippen LogP contribution in [0.3, 0.4) is 0 Å². The molecule has 0 aromatic rings. The van der Waals surface area contributed by atoms with Gasteiger partial charge in [0.05, 0.1) is 0 Å². The zero-order chi connectivity index (χ0) is 3.58. The normalized spacial score (nSPS) is 4.25. The van der Waals surface area contributed by atoms with E-state index in [1.165, 1.54) is 0 Å². The van der Waals surface area contributed by atoms with E-state index in [9.17, 15) is 3.57 Å². The maximum absolute atomic E-state index is 9.27. The first kappa shape index (κ1) is 5.00. The van der Waals surface area contributed by atoms with E-state index in [-0.39, 0.29) is 0 Å². The van der Waals surface area contributed by atoms with E-state index in [0.29, 0.717) is 0 Å². The Hall–Kier alpha value is 1.00.